The second-order valence-corrected chi connectivity index (χ2v) is 3.40. The standard InChI is InChI=1S/C9H16O4/c1-6(9(10)11)7-4-3-5-8(12-2)13-7/h6-8H,3-5H2,1-2H3,(H,10,11)/t6-,7+,8+/m1/s1. The Morgan fingerprint density at radius 2 is 2.31 bits per heavy atom. The van der Waals surface area contributed by atoms with Crippen molar-refractivity contribution in [1.29, 1.82) is 0 Å². The average molecular weight is 188 g/mol. The first-order chi connectivity index (χ1) is 6.15. The largest absolute Gasteiger partial charge is 0.481 e. The molecule has 0 aromatic carbocycles. The molecule has 0 saturated carbocycles. The molecule has 4 heteroatoms. The van der Waals surface area contributed by atoms with Gasteiger partial charge in [0.1, 0.15) is 0 Å². The van der Waals surface area contributed by atoms with Gasteiger partial charge in [0.25, 0.3) is 0 Å². The van der Waals surface area contributed by atoms with Gasteiger partial charge < -0.3 is 14.6 Å². The Balaban J connectivity index is 2.46. The molecule has 1 heterocycles. The molecule has 0 unspecified atom stereocenters. The van der Waals surface area contributed by atoms with Crippen LogP contribution in [0.5, 0.6) is 0 Å². The molecule has 0 aromatic rings. The van der Waals surface area contributed by atoms with Gasteiger partial charge in [-0.3, -0.25) is 4.79 Å². The first-order valence-corrected chi connectivity index (χ1v) is 4.56. The van der Waals surface area contributed by atoms with Crippen LogP contribution >= 0.6 is 0 Å². The number of rotatable bonds is 3. The van der Waals surface area contributed by atoms with E-state index in [0.29, 0.717) is 0 Å². The van der Waals surface area contributed by atoms with Crippen molar-refractivity contribution < 1.29 is 19.4 Å². The number of methoxy groups -OCH3 is 1. The molecule has 0 aliphatic carbocycles. The molecule has 1 saturated heterocycles. The van der Waals surface area contributed by atoms with Gasteiger partial charge in [-0.1, -0.05) is 0 Å². The average Bonchev–Trinajstić information content (AvgIpc) is 2.16. The molecule has 1 fully saturated rings. The Labute approximate surface area is 77.8 Å². The normalized spacial score (nSPS) is 31.2. The molecular formula is C9H16O4. The molecule has 1 rings (SSSR count). The topological polar surface area (TPSA) is 55.8 Å². The first-order valence-electron chi connectivity index (χ1n) is 4.56. The SMILES string of the molecule is CO[C@@H]1CCC[C@@H]([C@@H](C)C(=O)O)O1. The van der Waals surface area contributed by atoms with Crippen molar-refractivity contribution >= 4 is 5.97 Å². The predicted octanol–water partition coefficient (Wildman–Crippen LogP) is 1.25. The van der Waals surface area contributed by atoms with Crippen LogP contribution in [0.2, 0.25) is 0 Å². The van der Waals surface area contributed by atoms with E-state index in [9.17, 15) is 4.79 Å². The highest BCUT2D eigenvalue weighted by Crippen LogP contribution is 2.24. The highest BCUT2D eigenvalue weighted by atomic mass is 16.7. The number of carboxylic acids is 1. The molecule has 1 aliphatic heterocycles. The lowest BCUT2D eigenvalue weighted by molar-refractivity contribution is -0.196. The summed E-state index contributed by atoms with van der Waals surface area (Å²) in [6.07, 6.45) is 2.23. The Hall–Kier alpha value is -0.610. The van der Waals surface area contributed by atoms with Gasteiger partial charge in [0.15, 0.2) is 6.29 Å². The predicted molar refractivity (Wildman–Crippen MR) is 46.3 cm³/mol. The Kier molecular flexibility index (Phi) is 3.69. The van der Waals surface area contributed by atoms with Gasteiger partial charge in [0, 0.05) is 7.11 Å². The number of hydrogen-bond donors (Lipinski definition) is 1. The van der Waals surface area contributed by atoms with Crippen molar-refractivity contribution in [2.24, 2.45) is 5.92 Å². The molecule has 13 heavy (non-hydrogen) atoms. The molecule has 76 valence electrons. The summed E-state index contributed by atoms with van der Waals surface area (Å²) in [7, 11) is 1.58. The van der Waals surface area contributed by atoms with Crippen LogP contribution in [-0.2, 0) is 14.3 Å². The highest BCUT2D eigenvalue weighted by molar-refractivity contribution is 5.70. The zero-order valence-electron chi connectivity index (χ0n) is 8.03. The second-order valence-electron chi connectivity index (χ2n) is 3.40. The van der Waals surface area contributed by atoms with Crippen molar-refractivity contribution in [2.75, 3.05) is 7.11 Å². The number of carbonyl (C=O) groups is 1. The number of carboxylic acid groups (broad SMARTS) is 1. The van der Waals surface area contributed by atoms with E-state index in [1.54, 1.807) is 14.0 Å². The van der Waals surface area contributed by atoms with E-state index in [4.69, 9.17) is 14.6 Å². The Morgan fingerprint density at radius 3 is 2.85 bits per heavy atom. The third kappa shape index (κ3) is 2.67. The fourth-order valence-electron chi connectivity index (χ4n) is 1.52. The Morgan fingerprint density at radius 1 is 1.62 bits per heavy atom. The van der Waals surface area contributed by atoms with Crippen LogP contribution in [-0.4, -0.2) is 30.6 Å². The summed E-state index contributed by atoms with van der Waals surface area (Å²) < 4.78 is 10.5. The van der Waals surface area contributed by atoms with E-state index in [1.807, 2.05) is 0 Å². The molecule has 0 radical (unpaired) electrons. The van der Waals surface area contributed by atoms with Gasteiger partial charge in [-0.25, -0.2) is 0 Å². The van der Waals surface area contributed by atoms with E-state index in [1.165, 1.54) is 0 Å². The van der Waals surface area contributed by atoms with Crippen molar-refractivity contribution in [1.82, 2.24) is 0 Å². The van der Waals surface area contributed by atoms with E-state index in [-0.39, 0.29) is 12.4 Å². The molecule has 4 nitrogen and oxygen atoms in total. The summed E-state index contributed by atoms with van der Waals surface area (Å²) in [5, 5.41) is 8.77. The lowest BCUT2D eigenvalue weighted by atomic mass is 9.97. The minimum absolute atomic E-state index is 0.198. The van der Waals surface area contributed by atoms with Crippen LogP contribution < -0.4 is 0 Å². The lowest BCUT2D eigenvalue weighted by Crippen LogP contribution is -2.36. The van der Waals surface area contributed by atoms with E-state index in [2.05, 4.69) is 0 Å². The summed E-state index contributed by atoms with van der Waals surface area (Å²) >= 11 is 0. The van der Waals surface area contributed by atoms with Gasteiger partial charge in [0.05, 0.1) is 12.0 Å². The summed E-state index contributed by atoms with van der Waals surface area (Å²) in [4.78, 5) is 10.7. The van der Waals surface area contributed by atoms with E-state index < -0.39 is 11.9 Å². The molecule has 0 amide bonds. The molecule has 3 atom stereocenters. The van der Waals surface area contributed by atoms with Gasteiger partial charge in [0.2, 0.25) is 0 Å². The quantitative estimate of drug-likeness (QED) is 0.724. The van der Waals surface area contributed by atoms with E-state index >= 15 is 0 Å². The maximum atomic E-state index is 10.7. The molecule has 0 aromatic heterocycles. The third-order valence-electron chi connectivity index (χ3n) is 2.47. The van der Waals surface area contributed by atoms with Crippen LogP contribution in [0.15, 0.2) is 0 Å². The molecule has 1 N–H and O–H groups in total. The van der Waals surface area contributed by atoms with Crippen LogP contribution in [0.1, 0.15) is 26.2 Å². The number of hydrogen-bond acceptors (Lipinski definition) is 3. The van der Waals surface area contributed by atoms with Crippen molar-refractivity contribution in [2.45, 2.75) is 38.6 Å². The lowest BCUT2D eigenvalue weighted by Gasteiger charge is -2.31. The number of ether oxygens (including phenoxy) is 2. The molecule has 0 spiro atoms. The van der Waals surface area contributed by atoms with Crippen LogP contribution in [0.3, 0.4) is 0 Å². The summed E-state index contributed by atoms with van der Waals surface area (Å²) in [5.41, 5.74) is 0. The third-order valence-corrected chi connectivity index (χ3v) is 2.47. The minimum atomic E-state index is -0.804. The molecule has 0 bridgehead atoms. The number of aliphatic carboxylic acids is 1. The summed E-state index contributed by atoms with van der Waals surface area (Å²) in [5.74, 6) is -1.25. The van der Waals surface area contributed by atoms with Crippen LogP contribution in [0.25, 0.3) is 0 Å². The monoisotopic (exact) mass is 188 g/mol. The van der Waals surface area contributed by atoms with Gasteiger partial charge in [-0.05, 0) is 26.2 Å². The second kappa shape index (κ2) is 4.58. The van der Waals surface area contributed by atoms with Crippen molar-refractivity contribution in [3.63, 3.8) is 0 Å². The maximum Gasteiger partial charge on any atom is 0.308 e. The Bertz CT molecular complexity index is 180. The highest BCUT2D eigenvalue weighted by Gasteiger charge is 2.30. The van der Waals surface area contributed by atoms with Crippen LogP contribution in [0.4, 0.5) is 0 Å². The maximum absolute atomic E-state index is 10.7. The smallest absolute Gasteiger partial charge is 0.308 e. The zero-order chi connectivity index (χ0) is 9.84. The molecular weight excluding hydrogens is 172 g/mol. The fraction of sp³-hybridized carbons (Fsp3) is 0.889. The van der Waals surface area contributed by atoms with Crippen molar-refractivity contribution in [3.05, 3.63) is 0 Å². The molecule has 1 aliphatic rings. The van der Waals surface area contributed by atoms with Gasteiger partial charge in [-0.15, -0.1) is 0 Å². The van der Waals surface area contributed by atoms with Crippen molar-refractivity contribution in [3.8, 4) is 0 Å². The zero-order valence-corrected chi connectivity index (χ0v) is 8.03. The van der Waals surface area contributed by atoms with Gasteiger partial charge in [-0.2, -0.15) is 0 Å². The summed E-state index contributed by atoms with van der Waals surface area (Å²) in [6, 6.07) is 0. The minimum Gasteiger partial charge on any atom is -0.481 e. The first kappa shape index (κ1) is 10.5. The van der Waals surface area contributed by atoms with E-state index in [0.717, 1.165) is 19.3 Å². The van der Waals surface area contributed by atoms with Crippen LogP contribution in [0, 0.1) is 5.92 Å². The fourth-order valence-corrected chi connectivity index (χ4v) is 1.52. The summed E-state index contributed by atoms with van der Waals surface area (Å²) in [6.45, 7) is 1.67. The van der Waals surface area contributed by atoms with Gasteiger partial charge >= 0.3 is 5.97 Å².